The summed E-state index contributed by atoms with van der Waals surface area (Å²) in [6.45, 7) is 5.39. The molecule has 1 fully saturated rings. The molecule has 31 heavy (non-hydrogen) atoms. The van der Waals surface area contributed by atoms with E-state index in [9.17, 15) is 9.18 Å². The molecule has 4 heterocycles. The van der Waals surface area contributed by atoms with Crippen molar-refractivity contribution in [3.8, 4) is 22.4 Å². The molecule has 160 valence electrons. The zero-order chi connectivity index (χ0) is 21.8. The van der Waals surface area contributed by atoms with Crippen molar-refractivity contribution in [1.82, 2.24) is 24.6 Å². The van der Waals surface area contributed by atoms with E-state index < -0.39 is 5.95 Å². The minimum atomic E-state index is -0.520. The molecule has 0 aromatic carbocycles. The highest BCUT2D eigenvalue weighted by Gasteiger charge is 2.30. The van der Waals surface area contributed by atoms with E-state index in [1.807, 2.05) is 17.1 Å². The number of aromatic nitrogens is 4. The summed E-state index contributed by atoms with van der Waals surface area (Å²) in [5.41, 5.74) is 4.83. The number of aryl methyl sites for hydroxylation is 1. The van der Waals surface area contributed by atoms with Crippen LogP contribution in [-0.2, 0) is 13.1 Å². The Balaban J connectivity index is 1.55. The zero-order valence-corrected chi connectivity index (χ0v) is 18.2. The number of pyridine rings is 2. The molecule has 1 saturated carbocycles. The van der Waals surface area contributed by atoms with Crippen LogP contribution in [0.25, 0.3) is 22.4 Å². The van der Waals surface area contributed by atoms with Crippen LogP contribution in [0.15, 0.2) is 30.7 Å². The van der Waals surface area contributed by atoms with Crippen LogP contribution < -0.4 is 0 Å². The number of amides is 1. The zero-order valence-electron chi connectivity index (χ0n) is 18.2. The predicted molar refractivity (Wildman–Crippen MR) is 116 cm³/mol. The molecule has 0 N–H and O–H groups in total. The molecule has 0 atom stereocenters. The first-order valence-electron chi connectivity index (χ1n) is 10.8. The molecule has 5 rings (SSSR count). The van der Waals surface area contributed by atoms with Crippen LogP contribution in [0.3, 0.4) is 0 Å². The Labute approximate surface area is 181 Å². The smallest absolute Gasteiger partial charge is 0.255 e. The summed E-state index contributed by atoms with van der Waals surface area (Å²) in [4.78, 5) is 22.8. The Morgan fingerprint density at radius 1 is 1.13 bits per heavy atom. The minimum Gasteiger partial charge on any atom is -0.336 e. The predicted octanol–water partition coefficient (Wildman–Crippen LogP) is 4.62. The quantitative estimate of drug-likeness (QED) is 0.579. The molecule has 3 aromatic rings. The van der Waals surface area contributed by atoms with E-state index in [4.69, 9.17) is 0 Å². The van der Waals surface area contributed by atoms with Gasteiger partial charge in [-0.25, -0.2) is 4.98 Å². The fourth-order valence-electron chi connectivity index (χ4n) is 4.83. The highest BCUT2D eigenvalue weighted by atomic mass is 19.1. The van der Waals surface area contributed by atoms with Gasteiger partial charge in [0, 0.05) is 48.2 Å². The van der Waals surface area contributed by atoms with Crippen molar-refractivity contribution in [2.45, 2.75) is 52.6 Å². The maximum Gasteiger partial charge on any atom is 0.255 e. The summed E-state index contributed by atoms with van der Waals surface area (Å²) < 4.78 is 16.5. The minimum absolute atomic E-state index is 0.0730. The number of carbonyl (C=O) groups excluding carboxylic acids is 1. The number of hydrogen-bond acceptors (Lipinski definition) is 4. The van der Waals surface area contributed by atoms with E-state index in [-0.39, 0.29) is 11.3 Å². The lowest BCUT2D eigenvalue weighted by Crippen LogP contribution is -2.19. The molecule has 0 bridgehead atoms. The molecule has 1 amide bonds. The van der Waals surface area contributed by atoms with Gasteiger partial charge in [-0.3, -0.25) is 14.5 Å². The van der Waals surface area contributed by atoms with Crippen LogP contribution >= 0.6 is 0 Å². The van der Waals surface area contributed by atoms with E-state index in [0.717, 1.165) is 23.4 Å². The van der Waals surface area contributed by atoms with Gasteiger partial charge in [-0.1, -0.05) is 19.8 Å². The van der Waals surface area contributed by atoms with Gasteiger partial charge in [0.1, 0.15) is 0 Å². The first-order chi connectivity index (χ1) is 14.8. The maximum absolute atomic E-state index is 14.5. The number of carbonyl (C=O) groups is 1. The summed E-state index contributed by atoms with van der Waals surface area (Å²) in [5, 5.41) is 4.59. The molecule has 7 heteroatoms. The first-order valence-corrected chi connectivity index (χ1v) is 10.8. The SMILES string of the molecule is Cc1cc(-c2cnn(CC3(C)CCCC3)c2)c(-c2cnc3c(c2)C(=O)N(C)C3)nc1F. The van der Waals surface area contributed by atoms with E-state index in [2.05, 4.69) is 22.0 Å². The van der Waals surface area contributed by atoms with Crippen molar-refractivity contribution in [3.05, 3.63) is 53.5 Å². The van der Waals surface area contributed by atoms with Gasteiger partial charge in [0.25, 0.3) is 5.91 Å². The van der Waals surface area contributed by atoms with Crippen molar-refractivity contribution in [2.24, 2.45) is 5.41 Å². The maximum atomic E-state index is 14.5. The van der Waals surface area contributed by atoms with E-state index >= 15 is 0 Å². The number of nitrogens with zero attached hydrogens (tertiary/aromatic N) is 5. The van der Waals surface area contributed by atoms with Crippen LogP contribution in [0.5, 0.6) is 0 Å². The molecule has 3 aromatic heterocycles. The number of halogens is 1. The Kier molecular flexibility index (Phi) is 4.64. The van der Waals surface area contributed by atoms with Crippen LogP contribution in [0.1, 0.15) is 54.2 Å². The van der Waals surface area contributed by atoms with Gasteiger partial charge in [-0.15, -0.1) is 0 Å². The molecule has 6 nitrogen and oxygen atoms in total. The Hall–Kier alpha value is -3.09. The van der Waals surface area contributed by atoms with Crippen molar-refractivity contribution < 1.29 is 9.18 Å². The lowest BCUT2D eigenvalue weighted by atomic mass is 9.89. The Morgan fingerprint density at radius 2 is 1.90 bits per heavy atom. The van der Waals surface area contributed by atoms with Gasteiger partial charge in [0.2, 0.25) is 5.95 Å². The van der Waals surface area contributed by atoms with Gasteiger partial charge in [-0.2, -0.15) is 9.49 Å². The van der Waals surface area contributed by atoms with Gasteiger partial charge >= 0.3 is 0 Å². The molecule has 1 aliphatic heterocycles. The van der Waals surface area contributed by atoms with Crippen molar-refractivity contribution in [1.29, 1.82) is 0 Å². The van der Waals surface area contributed by atoms with Gasteiger partial charge in [0.05, 0.1) is 29.7 Å². The lowest BCUT2D eigenvalue weighted by molar-refractivity contribution is 0.0816. The highest BCUT2D eigenvalue weighted by molar-refractivity contribution is 5.99. The monoisotopic (exact) mass is 419 g/mol. The van der Waals surface area contributed by atoms with E-state index in [1.165, 1.54) is 25.7 Å². The van der Waals surface area contributed by atoms with Crippen LogP contribution in [0.4, 0.5) is 4.39 Å². The average molecular weight is 420 g/mol. The largest absolute Gasteiger partial charge is 0.336 e. The molecule has 0 spiro atoms. The Bertz CT molecular complexity index is 1180. The summed E-state index contributed by atoms with van der Waals surface area (Å²) in [6, 6.07) is 3.58. The number of hydrogen-bond donors (Lipinski definition) is 0. The van der Waals surface area contributed by atoms with Crippen LogP contribution in [0, 0.1) is 18.3 Å². The molecule has 1 aliphatic carbocycles. The molecule has 2 aliphatic rings. The summed E-state index contributed by atoms with van der Waals surface area (Å²) in [7, 11) is 1.75. The molecule has 0 saturated heterocycles. The second kappa shape index (κ2) is 7.25. The third-order valence-corrected chi connectivity index (χ3v) is 6.66. The second-order valence-electron chi connectivity index (χ2n) is 9.32. The lowest BCUT2D eigenvalue weighted by Gasteiger charge is -2.22. The van der Waals surface area contributed by atoms with Crippen molar-refractivity contribution in [3.63, 3.8) is 0 Å². The fraction of sp³-hybridized carbons (Fsp3) is 0.417. The van der Waals surface area contributed by atoms with E-state index in [0.29, 0.717) is 28.9 Å². The number of fused-ring (bicyclic) bond motifs is 1. The Morgan fingerprint density at radius 3 is 2.68 bits per heavy atom. The highest BCUT2D eigenvalue weighted by Crippen LogP contribution is 2.39. The van der Waals surface area contributed by atoms with Crippen LogP contribution in [-0.4, -0.2) is 37.6 Å². The van der Waals surface area contributed by atoms with Gasteiger partial charge < -0.3 is 4.90 Å². The standard InChI is InChI=1S/C24H26FN5O/c1-15-8-18(17-11-27-30(12-17)14-24(2)6-4-5-7-24)21(28-22(15)25)16-9-19-20(26-10-16)13-29(3)23(19)31/h8-12H,4-7,13-14H2,1-3H3. The van der Waals surface area contributed by atoms with E-state index in [1.54, 1.807) is 37.2 Å². The molecule has 0 radical (unpaired) electrons. The van der Waals surface area contributed by atoms with Crippen molar-refractivity contribution in [2.75, 3.05) is 7.05 Å². The van der Waals surface area contributed by atoms with Gasteiger partial charge in [0.15, 0.2) is 0 Å². The van der Waals surface area contributed by atoms with Gasteiger partial charge in [-0.05, 0) is 37.3 Å². The average Bonchev–Trinajstić information content (AvgIpc) is 3.44. The third-order valence-electron chi connectivity index (χ3n) is 6.66. The third kappa shape index (κ3) is 3.52. The van der Waals surface area contributed by atoms with Crippen molar-refractivity contribution >= 4 is 5.91 Å². The fourth-order valence-corrected chi connectivity index (χ4v) is 4.83. The summed E-state index contributed by atoms with van der Waals surface area (Å²) in [6.07, 6.45) is 10.5. The molecular weight excluding hydrogens is 393 g/mol. The summed E-state index contributed by atoms with van der Waals surface area (Å²) in [5.74, 6) is -0.593. The summed E-state index contributed by atoms with van der Waals surface area (Å²) >= 11 is 0. The number of rotatable bonds is 4. The van der Waals surface area contributed by atoms with Crippen LogP contribution in [0.2, 0.25) is 0 Å². The molecule has 0 unspecified atom stereocenters. The molecular formula is C24H26FN5O. The normalized spacial score (nSPS) is 17.4. The second-order valence-corrected chi connectivity index (χ2v) is 9.32. The first kappa shape index (κ1) is 19.8. The topological polar surface area (TPSA) is 63.9 Å².